The molecular weight excluding hydrogens is 208 g/mol. The van der Waals surface area contributed by atoms with E-state index in [-0.39, 0.29) is 0 Å². The molecule has 2 rings (SSSR count). The quantitative estimate of drug-likeness (QED) is 0.830. The molecule has 1 aliphatic rings. The Bertz CT molecular complexity index is 439. The monoisotopic (exact) mass is 228 g/mol. The Morgan fingerprint density at radius 3 is 2.71 bits per heavy atom. The molecule has 1 saturated carbocycles. The number of anilines is 1. The van der Waals surface area contributed by atoms with Gasteiger partial charge in [0.25, 0.3) is 0 Å². The van der Waals surface area contributed by atoms with Gasteiger partial charge in [-0.3, -0.25) is 0 Å². The third kappa shape index (κ3) is 2.79. The van der Waals surface area contributed by atoms with Gasteiger partial charge >= 0.3 is 0 Å². The van der Waals surface area contributed by atoms with Crippen LogP contribution in [0.5, 0.6) is 0 Å². The molecule has 90 valence electrons. The van der Waals surface area contributed by atoms with Crippen molar-refractivity contribution in [2.45, 2.75) is 39.5 Å². The van der Waals surface area contributed by atoms with Crippen molar-refractivity contribution < 1.29 is 0 Å². The maximum Gasteiger partial charge on any atom is 0.0994 e. The van der Waals surface area contributed by atoms with E-state index < -0.39 is 0 Å². The van der Waals surface area contributed by atoms with Crippen molar-refractivity contribution in [2.75, 3.05) is 11.9 Å². The summed E-state index contributed by atoms with van der Waals surface area (Å²) in [6.07, 6.45) is 5.33. The summed E-state index contributed by atoms with van der Waals surface area (Å²) < 4.78 is 0. The second kappa shape index (κ2) is 4.79. The highest BCUT2D eigenvalue weighted by Gasteiger charge is 2.40. The number of rotatable bonds is 5. The molecule has 1 N–H and O–H groups in total. The van der Waals surface area contributed by atoms with Crippen LogP contribution in [0.3, 0.4) is 0 Å². The topological polar surface area (TPSA) is 35.8 Å². The number of nitriles is 1. The van der Waals surface area contributed by atoms with Gasteiger partial charge in [-0.25, -0.2) is 0 Å². The Kier molecular flexibility index (Phi) is 3.38. The minimum absolute atomic E-state index is 0.566. The minimum Gasteiger partial charge on any atom is -0.384 e. The standard InChI is InChI=1S/C15H20N2/c1-3-6-15(7-8-15)11-17-14-5-4-13(10-16)12(2)9-14/h4-5,9,17H,3,6-8,11H2,1-2H3. The van der Waals surface area contributed by atoms with Gasteiger partial charge in [-0.05, 0) is 55.4 Å². The maximum absolute atomic E-state index is 8.88. The fourth-order valence-electron chi connectivity index (χ4n) is 2.41. The maximum atomic E-state index is 8.88. The highest BCUT2D eigenvalue weighted by Crippen LogP contribution is 2.49. The highest BCUT2D eigenvalue weighted by atomic mass is 14.9. The molecule has 1 aromatic rings. The molecule has 17 heavy (non-hydrogen) atoms. The fourth-order valence-corrected chi connectivity index (χ4v) is 2.41. The van der Waals surface area contributed by atoms with Crippen molar-refractivity contribution in [3.8, 4) is 6.07 Å². The van der Waals surface area contributed by atoms with Crippen LogP contribution in [0.25, 0.3) is 0 Å². The zero-order valence-electron chi connectivity index (χ0n) is 10.7. The van der Waals surface area contributed by atoms with Crippen LogP contribution >= 0.6 is 0 Å². The molecule has 1 aromatic carbocycles. The second-order valence-corrected chi connectivity index (χ2v) is 5.25. The minimum atomic E-state index is 0.566. The lowest BCUT2D eigenvalue weighted by Gasteiger charge is -2.16. The van der Waals surface area contributed by atoms with Gasteiger partial charge in [0.2, 0.25) is 0 Å². The van der Waals surface area contributed by atoms with Crippen LogP contribution < -0.4 is 5.32 Å². The van der Waals surface area contributed by atoms with E-state index in [0.29, 0.717) is 5.41 Å². The highest BCUT2D eigenvalue weighted by molar-refractivity contribution is 5.51. The molecule has 1 aliphatic carbocycles. The van der Waals surface area contributed by atoms with Crippen LogP contribution in [0.4, 0.5) is 5.69 Å². The SMILES string of the molecule is CCCC1(CNc2ccc(C#N)c(C)c2)CC1. The fraction of sp³-hybridized carbons (Fsp3) is 0.533. The number of hydrogen-bond donors (Lipinski definition) is 1. The summed E-state index contributed by atoms with van der Waals surface area (Å²) in [5, 5.41) is 12.4. The van der Waals surface area contributed by atoms with Crippen molar-refractivity contribution >= 4 is 5.69 Å². The van der Waals surface area contributed by atoms with Crippen molar-refractivity contribution in [1.82, 2.24) is 0 Å². The molecule has 0 saturated heterocycles. The zero-order valence-corrected chi connectivity index (χ0v) is 10.7. The first-order chi connectivity index (χ1) is 8.19. The molecule has 0 aliphatic heterocycles. The average Bonchev–Trinajstić information content (AvgIpc) is 3.08. The van der Waals surface area contributed by atoms with Crippen molar-refractivity contribution in [1.29, 1.82) is 5.26 Å². The number of hydrogen-bond acceptors (Lipinski definition) is 2. The van der Waals surface area contributed by atoms with E-state index in [1.165, 1.54) is 25.7 Å². The van der Waals surface area contributed by atoms with E-state index >= 15 is 0 Å². The molecule has 0 atom stereocenters. The predicted octanol–water partition coefficient (Wildman–Crippen LogP) is 3.86. The average molecular weight is 228 g/mol. The Hall–Kier alpha value is -1.49. The molecule has 1 fully saturated rings. The predicted molar refractivity (Wildman–Crippen MR) is 71.0 cm³/mol. The molecule has 0 heterocycles. The van der Waals surface area contributed by atoms with E-state index in [0.717, 1.165) is 23.4 Å². The number of nitrogens with zero attached hydrogens (tertiary/aromatic N) is 1. The Labute approximate surface area is 104 Å². The molecule has 2 heteroatoms. The normalized spacial score (nSPS) is 16.3. The zero-order chi connectivity index (χ0) is 12.3. The smallest absolute Gasteiger partial charge is 0.0994 e. The molecule has 0 bridgehead atoms. The number of aryl methyl sites for hydroxylation is 1. The van der Waals surface area contributed by atoms with Crippen LogP contribution in [-0.2, 0) is 0 Å². The van der Waals surface area contributed by atoms with Crippen molar-refractivity contribution in [3.05, 3.63) is 29.3 Å². The van der Waals surface area contributed by atoms with Gasteiger partial charge in [0.15, 0.2) is 0 Å². The first kappa shape index (κ1) is 12.0. The Morgan fingerprint density at radius 1 is 1.41 bits per heavy atom. The third-order valence-electron chi connectivity index (χ3n) is 3.75. The van der Waals surface area contributed by atoms with Gasteiger partial charge in [0, 0.05) is 12.2 Å². The summed E-state index contributed by atoms with van der Waals surface area (Å²) in [7, 11) is 0. The van der Waals surface area contributed by atoms with Crippen LogP contribution in [-0.4, -0.2) is 6.54 Å². The lowest BCUT2D eigenvalue weighted by atomic mass is 10.0. The van der Waals surface area contributed by atoms with Crippen LogP contribution in [0, 0.1) is 23.7 Å². The van der Waals surface area contributed by atoms with Crippen molar-refractivity contribution in [3.63, 3.8) is 0 Å². The Morgan fingerprint density at radius 2 is 2.18 bits per heavy atom. The first-order valence-corrected chi connectivity index (χ1v) is 6.44. The molecular formula is C15H20N2. The summed E-state index contributed by atoms with van der Waals surface area (Å²) in [5.74, 6) is 0. The van der Waals surface area contributed by atoms with Gasteiger partial charge in [0.1, 0.15) is 0 Å². The molecule has 0 aromatic heterocycles. The Balaban J connectivity index is 1.96. The second-order valence-electron chi connectivity index (χ2n) is 5.25. The lowest BCUT2D eigenvalue weighted by molar-refractivity contribution is 0.486. The molecule has 2 nitrogen and oxygen atoms in total. The number of nitrogens with one attached hydrogen (secondary N) is 1. The van der Waals surface area contributed by atoms with Crippen LogP contribution in [0.2, 0.25) is 0 Å². The van der Waals surface area contributed by atoms with Gasteiger partial charge in [0.05, 0.1) is 11.6 Å². The van der Waals surface area contributed by atoms with Gasteiger partial charge < -0.3 is 5.32 Å². The van der Waals surface area contributed by atoms with Crippen LogP contribution in [0.15, 0.2) is 18.2 Å². The lowest BCUT2D eigenvalue weighted by Crippen LogP contribution is -2.15. The third-order valence-corrected chi connectivity index (χ3v) is 3.75. The van der Waals surface area contributed by atoms with Crippen molar-refractivity contribution in [2.24, 2.45) is 5.41 Å². The summed E-state index contributed by atoms with van der Waals surface area (Å²) in [5.41, 5.74) is 3.53. The summed E-state index contributed by atoms with van der Waals surface area (Å²) in [6, 6.07) is 8.18. The van der Waals surface area contributed by atoms with Gasteiger partial charge in [-0.2, -0.15) is 5.26 Å². The summed E-state index contributed by atoms with van der Waals surface area (Å²) in [6.45, 7) is 5.32. The largest absolute Gasteiger partial charge is 0.384 e. The van der Waals surface area contributed by atoms with E-state index in [1.54, 1.807) is 0 Å². The van der Waals surface area contributed by atoms with Crippen LogP contribution in [0.1, 0.15) is 43.7 Å². The van der Waals surface area contributed by atoms with E-state index in [1.807, 2.05) is 19.1 Å². The summed E-state index contributed by atoms with van der Waals surface area (Å²) in [4.78, 5) is 0. The molecule has 0 amide bonds. The van der Waals surface area contributed by atoms with E-state index in [4.69, 9.17) is 5.26 Å². The molecule has 0 unspecified atom stereocenters. The van der Waals surface area contributed by atoms with E-state index in [9.17, 15) is 0 Å². The van der Waals surface area contributed by atoms with E-state index in [2.05, 4.69) is 24.4 Å². The first-order valence-electron chi connectivity index (χ1n) is 6.44. The van der Waals surface area contributed by atoms with Gasteiger partial charge in [-0.1, -0.05) is 13.3 Å². The number of benzene rings is 1. The molecule has 0 spiro atoms. The van der Waals surface area contributed by atoms with Gasteiger partial charge in [-0.15, -0.1) is 0 Å². The molecule has 0 radical (unpaired) electrons. The summed E-state index contributed by atoms with van der Waals surface area (Å²) >= 11 is 0.